The molecule has 0 atom stereocenters. The van der Waals surface area contributed by atoms with E-state index in [1.807, 2.05) is 13.0 Å². The highest BCUT2D eigenvalue weighted by atomic mass is 35.5. The summed E-state index contributed by atoms with van der Waals surface area (Å²) in [6.45, 7) is 2.22. The minimum absolute atomic E-state index is 0.174. The molecule has 0 fully saturated rings. The van der Waals surface area contributed by atoms with Crippen LogP contribution >= 0.6 is 23.2 Å². The van der Waals surface area contributed by atoms with Gasteiger partial charge in [-0.2, -0.15) is 0 Å². The van der Waals surface area contributed by atoms with Gasteiger partial charge in [-0.15, -0.1) is 11.6 Å². The Labute approximate surface area is 128 Å². The predicted octanol–water partition coefficient (Wildman–Crippen LogP) is 3.03. The largest absolute Gasteiger partial charge is 0.358 e. The molecule has 0 aromatic carbocycles. The quantitative estimate of drug-likeness (QED) is 0.600. The van der Waals surface area contributed by atoms with Crippen LogP contribution in [0, 0.1) is 5.41 Å². The SMILES string of the molecule is CCN(C(=O)CCCl)/C(=C/Nc1cccnc1)C(=N)Cl. The number of carbonyl (C=O) groups excluding carboxylic acids is 1. The van der Waals surface area contributed by atoms with E-state index in [1.54, 1.807) is 18.5 Å². The van der Waals surface area contributed by atoms with E-state index >= 15 is 0 Å². The highest BCUT2D eigenvalue weighted by Crippen LogP contribution is 2.12. The van der Waals surface area contributed by atoms with Crippen molar-refractivity contribution < 1.29 is 4.79 Å². The third kappa shape index (κ3) is 4.83. The van der Waals surface area contributed by atoms with Gasteiger partial charge < -0.3 is 10.2 Å². The van der Waals surface area contributed by atoms with Gasteiger partial charge in [-0.25, -0.2) is 0 Å². The van der Waals surface area contributed by atoms with E-state index < -0.39 is 0 Å². The normalized spacial score (nSPS) is 11.1. The summed E-state index contributed by atoms with van der Waals surface area (Å²) in [5.41, 5.74) is 1.04. The summed E-state index contributed by atoms with van der Waals surface area (Å²) in [5.74, 6) is 0.0565. The molecule has 0 aliphatic carbocycles. The molecule has 2 N–H and O–H groups in total. The predicted molar refractivity (Wildman–Crippen MR) is 82.2 cm³/mol. The van der Waals surface area contributed by atoms with Crippen molar-refractivity contribution in [1.29, 1.82) is 5.41 Å². The number of allylic oxidation sites excluding steroid dienone is 1. The van der Waals surface area contributed by atoms with Crippen LogP contribution in [0.4, 0.5) is 5.69 Å². The van der Waals surface area contributed by atoms with Gasteiger partial charge in [0.2, 0.25) is 5.91 Å². The molecule has 1 aromatic rings. The maximum atomic E-state index is 11.9. The van der Waals surface area contributed by atoms with Crippen LogP contribution in [0.2, 0.25) is 0 Å². The van der Waals surface area contributed by atoms with E-state index in [4.69, 9.17) is 28.6 Å². The first-order valence-corrected chi connectivity index (χ1v) is 6.98. The molecule has 0 radical (unpaired) electrons. The molecule has 20 heavy (non-hydrogen) atoms. The monoisotopic (exact) mass is 314 g/mol. The van der Waals surface area contributed by atoms with Gasteiger partial charge in [0.25, 0.3) is 0 Å². The number of nitrogens with one attached hydrogen (secondary N) is 2. The minimum atomic E-state index is -0.217. The number of aromatic nitrogens is 1. The molecule has 1 amide bonds. The Morgan fingerprint density at radius 2 is 2.35 bits per heavy atom. The zero-order valence-electron chi connectivity index (χ0n) is 11.1. The second-order valence-corrected chi connectivity index (χ2v) is 4.56. The molecule has 0 saturated heterocycles. The molecule has 1 rings (SSSR count). The zero-order chi connectivity index (χ0) is 15.0. The second-order valence-electron chi connectivity index (χ2n) is 3.81. The van der Waals surface area contributed by atoms with Crippen molar-refractivity contribution in [3.8, 4) is 0 Å². The second kappa shape index (κ2) is 8.55. The van der Waals surface area contributed by atoms with Gasteiger partial charge in [0, 0.05) is 31.2 Å². The first-order valence-electron chi connectivity index (χ1n) is 6.07. The van der Waals surface area contributed by atoms with Crippen LogP contribution in [0.3, 0.4) is 0 Å². The molecule has 7 heteroatoms. The van der Waals surface area contributed by atoms with E-state index in [1.165, 1.54) is 11.1 Å². The van der Waals surface area contributed by atoms with Crippen LogP contribution in [0.15, 0.2) is 36.4 Å². The topological polar surface area (TPSA) is 69.1 Å². The van der Waals surface area contributed by atoms with Gasteiger partial charge in [-0.05, 0) is 19.1 Å². The zero-order valence-corrected chi connectivity index (χ0v) is 12.6. The summed E-state index contributed by atoms with van der Waals surface area (Å²) in [5, 5.41) is 10.3. The van der Waals surface area contributed by atoms with Crippen molar-refractivity contribution in [3.05, 3.63) is 36.4 Å². The summed E-state index contributed by atoms with van der Waals surface area (Å²) >= 11 is 11.3. The Bertz CT molecular complexity index is 490. The Morgan fingerprint density at radius 1 is 1.60 bits per heavy atom. The highest BCUT2D eigenvalue weighted by molar-refractivity contribution is 6.68. The third-order valence-electron chi connectivity index (χ3n) is 2.48. The lowest BCUT2D eigenvalue weighted by Gasteiger charge is -2.22. The van der Waals surface area contributed by atoms with Crippen molar-refractivity contribution >= 4 is 40.0 Å². The van der Waals surface area contributed by atoms with Crippen LogP contribution in [0.1, 0.15) is 13.3 Å². The van der Waals surface area contributed by atoms with E-state index in [0.29, 0.717) is 12.2 Å². The lowest BCUT2D eigenvalue weighted by molar-refractivity contribution is -0.128. The van der Waals surface area contributed by atoms with Crippen LogP contribution in [-0.2, 0) is 4.79 Å². The van der Waals surface area contributed by atoms with Crippen molar-refractivity contribution in [2.75, 3.05) is 17.7 Å². The number of rotatable bonds is 7. The van der Waals surface area contributed by atoms with Crippen molar-refractivity contribution in [1.82, 2.24) is 9.88 Å². The first-order chi connectivity index (χ1) is 9.60. The van der Waals surface area contributed by atoms with Gasteiger partial charge >= 0.3 is 0 Å². The molecule has 1 heterocycles. The highest BCUT2D eigenvalue weighted by Gasteiger charge is 2.18. The minimum Gasteiger partial charge on any atom is -0.358 e. The summed E-state index contributed by atoms with van der Waals surface area (Å²) < 4.78 is 0. The molecule has 0 unspecified atom stereocenters. The fourth-order valence-corrected chi connectivity index (χ4v) is 1.87. The fraction of sp³-hybridized carbons (Fsp3) is 0.308. The van der Waals surface area contributed by atoms with Gasteiger partial charge in [0.15, 0.2) is 0 Å². The molecule has 1 aromatic heterocycles. The number of hydrogen-bond acceptors (Lipinski definition) is 4. The van der Waals surface area contributed by atoms with Crippen LogP contribution in [0.5, 0.6) is 0 Å². The van der Waals surface area contributed by atoms with E-state index in [0.717, 1.165) is 5.69 Å². The van der Waals surface area contributed by atoms with Crippen LogP contribution in [-0.4, -0.2) is 33.4 Å². The number of anilines is 1. The average molecular weight is 315 g/mol. The summed E-state index contributed by atoms with van der Waals surface area (Å²) in [6.07, 6.45) is 5.00. The maximum Gasteiger partial charge on any atom is 0.228 e. The number of halogens is 2. The van der Waals surface area contributed by atoms with Crippen molar-refractivity contribution in [2.24, 2.45) is 0 Å². The number of hydrogen-bond donors (Lipinski definition) is 2. The molecule has 0 aliphatic rings. The van der Waals surface area contributed by atoms with Crippen LogP contribution < -0.4 is 5.32 Å². The standard InChI is InChI=1S/C13H16Cl2N4O/c1-2-19(12(20)5-6-14)11(13(15)16)9-18-10-4-3-7-17-8-10/h3-4,7-9,16,18H,2,5-6H2,1H3/b11-9+,16-13?. The number of nitrogens with zero attached hydrogens (tertiary/aromatic N) is 2. The van der Waals surface area contributed by atoms with Gasteiger partial charge in [0.05, 0.1) is 17.6 Å². The lowest BCUT2D eigenvalue weighted by Crippen LogP contribution is -2.33. The number of pyridine rings is 1. The molecule has 0 bridgehead atoms. The van der Waals surface area contributed by atoms with E-state index in [-0.39, 0.29) is 23.4 Å². The van der Waals surface area contributed by atoms with E-state index in [9.17, 15) is 4.79 Å². The Morgan fingerprint density at radius 3 is 2.85 bits per heavy atom. The Balaban J connectivity index is 2.91. The molecule has 0 aliphatic heterocycles. The van der Waals surface area contributed by atoms with Gasteiger partial charge in [0.1, 0.15) is 5.17 Å². The summed E-state index contributed by atoms with van der Waals surface area (Å²) in [6, 6.07) is 3.59. The fourth-order valence-electron chi connectivity index (χ4n) is 1.56. The maximum absolute atomic E-state index is 11.9. The van der Waals surface area contributed by atoms with Crippen LogP contribution in [0.25, 0.3) is 0 Å². The lowest BCUT2D eigenvalue weighted by atomic mass is 10.3. The Kier molecular flexibility index (Phi) is 7.04. The molecule has 5 nitrogen and oxygen atoms in total. The first kappa shape index (κ1) is 16.5. The van der Waals surface area contributed by atoms with Crippen molar-refractivity contribution in [2.45, 2.75) is 13.3 Å². The molecular formula is C13H16Cl2N4O. The molecule has 108 valence electrons. The third-order valence-corrected chi connectivity index (χ3v) is 2.86. The molecule has 0 spiro atoms. The van der Waals surface area contributed by atoms with Gasteiger partial charge in [-0.3, -0.25) is 15.2 Å². The number of carbonyl (C=O) groups is 1. The smallest absolute Gasteiger partial charge is 0.228 e. The molecule has 0 saturated carbocycles. The van der Waals surface area contributed by atoms with E-state index in [2.05, 4.69) is 10.3 Å². The molecular weight excluding hydrogens is 299 g/mol. The van der Waals surface area contributed by atoms with Gasteiger partial charge in [-0.1, -0.05) is 11.6 Å². The van der Waals surface area contributed by atoms with Crippen molar-refractivity contribution in [3.63, 3.8) is 0 Å². The average Bonchev–Trinajstić information content (AvgIpc) is 2.44. The summed E-state index contributed by atoms with van der Waals surface area (Å²) in [7, 11) is 0. The number of alkyl halides is 1. The Hall–Kier alpha value is -1.59. The summed E-state index contributed by atoms with van der Waals surface area (Å²) in [4.78, 5) is 17.3. The number of amides is 1.